The van der Waals surface area contributed by atoms with Crippen molar-refractivity contribution in [1.82, 2.24) is 0 Å². The highest BCUT2D eigenvalue weighted by Crippen LogP contribution is 2.36. The Labute approximate surface area is 166 Å². The molecule has 0 aliphatic rings. The number of benzene rings is 5. The van der Waals surface area contributed by atoms with Crippen molar-refractivity contribution in [2.24, 2.45) is 0 Å². The Bertz CT molecular complexity index is 1250. The Balaban J connectivity index is 1.89. The van der Waals surface area contributed by atoms with Gasteiger partial charge in [0.1, 0.15) is 0 Å². The first-order chi connectivity index (χ1) is 13.5. The van der Waals surface area contributed by atoms with Crippen molar-refractivity contribution in [2.75, 3.05) is 0 Å². The van der Waals surface area contributed by atoms with Gasteiger partial charge in [0.25, 0.3) is 0 Å². The molecule has 5 aromatic rings. The molecule has 0 unspecified atom stereocenters. The Kier molecular flexibility index (Phi) is 3.91. The van der Waals surface area contributed by atoms with E-state index >= 15 is 0 Å². The van der Waals surface area contributed by atoms with Gasteiger partial charge in [-0.2, -0.15) is 0 Å². The quantitative estimate of drug-likeness (QED) is 0.276. The molecule has 5 aromatic carbocycles. The average molecular weight is 363 g/mol. The van der Waals surface area contributed by atoms with Crippen LogP contribution in [0.5, 0.6) is 0 Å². The Morgan fingerprint density at radius 2 is 0.786 bits per heavy atom. The summed E-state index contributed by atoms with van der Waals surface area (Å²) in [5.74, 6) is 1.04. The maximum absolute atomic E-state index is 2.42. The molecule has 0 heterocycles. The maximum Gasteiger partial charge on any atom is -0.0140 e. The van der Waals surface area contributed by atoms with E-state index in [4.69, 9.17) is 0 Å². The van der Waals surface area contributed by atoms with E-state index in [1.54, 1.807) is 0 Å². The van der Waals surface area contributed by atoms with Gasteiger partial charge in [0, 0.05) is 0 Å². The highest BCUT2D eigenvalue weighted by atomic mass is 14.2. The Morgan fingerprint density at radius 1 is 0.429 bits per heavy atom. The fourth-order valence-corrected chi connectivity index (χ4v) is 4.59. The van der Waals surface area contributed by atoms with E-state index in [9.17, 15) is 0 Å². The molecule has 0 aliphatic carbocycles. The third-order valence-electron chi connectivity index (χ3n) is 6.11. The van der Waals surface area contributed by atoms with Crippen LogP contribution in [0.3, 0.4) is 0 Å². The molecule has 0 nitrogen and oxygen atoms in total. The van der Waals surface area contributed by atoms with Crippen molar-refractivity contribution in [2.45, 2.75) is 39.5 Å². The Hall–Kier alpha value is -2.86. The van der Waals surface area contributed by atoms with Crippen LogP contribution in [-0.4, -0.2) is 0 Å². The molecule has 0 saturated carbocycles. The highest BCUT2D eigenvalue weighted by molar-refractivity contribution is 6.09. The number of hydrogen-bond acceptors (Lipinski definition) is 0. The smallest absolute Gasteiger partial charge is 0.0140 e. The zero-order valence-electron chi connectivity index (χ0n) is 17.1. The fourth-order valence-electron chi connectivity index (χ4n) is 4.59. The van der Waals surface area contributed by atoms with Crippen molar-refractivity contribution in [3.63, 3.8) is 0 Å². The minimum absolute atomic E-state index is 0.519. The third-order valence-corrected chi connectivity index (χ3v) is 6.11. The first-order valence-corrected chi connectivity index (χ1v) is 10.3. The van der Waals surface area contributed by atoms with Crippen molar-refractivity contribution >= 4 is 43.1 Å². The van der Waals surface area contributed by atoms with Crippen LogP contribution in [0.1, 0.15) is 50.7 Å². The van der Waals surface area contributed by atoms with Crippen molar-refractivity contribution < 1.29 is 0 Å². The van der Waals surface area contributed by atoms with E-state index < -0.39 is 0 Å². The number of hydrogen-bond donors (Lipinski definition) is 0. The molecule has 0 heteroatoms. The summed E-state index contributed by atoms with van der Waals surface area (Å²) in [5.41, 5.74) is 2.89. The van der Waals surface area contributed by atoms with Crippen LogP contribution < -0.4 is 0 Å². The first kappa shape index (κ1) is 17.3. The summed E-state index contributed by atoms with van der Waals surface area (Å²) in [6.45, 7) is 9.17. The molecule has 0 saturated heterocycles. The van der Waals surface area contributed by atoms with Crippen LogP contribution in [0.15, 0.2) is 72.8 Å². The standard InChI is InChI=1S/C28H26/c1-17(2)25-9-10-26(18(3)4)28-16-24-14-22-12-20-8-6-5-7-19(20)11-21(22)13-23(24)15-27(25)28/h5-18H,1-4H3. The van der Waals surface area contributed by atoms with Crippen LogP contribution in [0.25, 0.3) is 43.1 Å². The molecule has 0 fully saturated rings. The van der Waals surface area contributed by atoms with Crippen LogP contribution in [0, 0.1) is 0 Å². The van der Waals surface area contributed by atoms with Gasteiger partial charge in [-0.05, 0) is 102 Å². The SMILES string of the molecule is CC(C)c1ccc(C(C)C)c2cc3cc4cc5ccccc5cc4cc3cc12. The molecule has 5 rings (SSSR count). The van der Waals surface area contributed by atoms with Crippen molar-refractivity contribution in [3.05, 3.63) is 83.9 Å². The maximum atomic E-state index is 2.42. The minimum Gasteiger partial charge on any atom is -0.0616 e. The number of rotatable bonds is 2. The van der Waals surface area contributed by atoms with Gasteiger partial charge in [-0.1, -0.05) is 64.1 Å². The van der Waals surface area contributed by atoms with Crippen molar-refractivity contribution in [3.8, 4) is 0 Å². The van der Waals surface area contributed by atoms with Crippen LogP contribution >= 0.6 is 0 Å². The molecular weight excluding hydrogens is 336 g/mol. The summed E-state index contributed by atoms with van der Waals surface area (Å²) in [7, 11) is 0. The summed E-state index contributed by atoms with van der Waals surface area (Å²) in [5, 5.41) is 10.7. The molecule has 28 heavy (non-hydrogen) atoms. The van der Waals surface area contributed by atoms with Gasteiger partial charge in [-0.15, -0.1) is 0 Å². The second kappa shape index (κ2) is 6.34. The highest BCUT2D eigenvalue weighted by Gasteiger charge is 2.13. The van der Waals surface area contributed by atoms with Crippen LogP contribution in [0.2, 0.25) is 0 Å². The molecule has 0 amide bonds. The van der Waals surface area contributed by atoms with Gasteiger partial charge in [0.05, 0.1) is 0 Å². The molecule has 0 spiro atoms. The predicted molar refractivity (Wildman–Crippen MR) is 125 cm³/mol. The van der Waals surface area contributed by atoms with Gasteiger partial charge in [-0.25, -0.2) is 0 Å². The summed E-state index contributed by atoms with van der Waals surface area (Å²) in [4.78, 5) is 0. The van der Waals surface area contributed by atoms with E-state index in [-0.39, 0.29) is 0 Å². The molecule has 0 atom stereocenters. The summed E-state index contributed by atoms with van der Waals surface area (Å²) in [6.07, 6.45) is 0. The first-order valence-electron chi connectivity index (χ1n) is 10.3. The minimum atomic E-state index is 0.519. The summed E-state index contributed by atoms with van der Waals surface area (Å²) >= 11 is 0. The fraction of sp³-hybridized carbons (Fsp3) is 0.214. The molecule has 0 aromatic heterocycles. The van der Waals surface area contributed by atoms with Crippen LogP contribution in [0.4, 0.5) is 0 Å². The van der Waals surface area contributed by atoms with E-state index in [0.29, 0.717) is 11.8 Å². The van der Waals surface area contributed by atoms with Gasteiger partial charge < -0.3 is 0 Å². The lowest BCUT2D eigenvalue weighted by Gasteiger charge is -2.17. The van der Waals surface area contributed by atoms with E-state index in [1.165, 1.54) is 54.2 Å². The zero-order valence-corrected chi connectivity index (χ0v) is 17.1. The zero-order chi connectivity index (χ0) is 19.4. The second-order valence-electron chi connectivity index (χ2n) is 8.70. The predicted octanol–water partition coefficient (Wildman–Crippen LogP) is 8.55. The lowest BCUT2D eigenvalue weighted by Crippen LogP contribution is -1.95. The number of fused-ring (bicyclic) bond motifs is 4. The largest absolute Gasteiger partial charge is 0.0616 e. The molecule has 0 aliphatic heterocycles. The van der Waals surface area contributed by atoms with Gasteiger partial charge in [-0.3, -0.25) is 0 Å². The van der Waals surface area contributed by atoms with Gasteiger partial charge in [0.15, 0.2) is 0 Å². The molecule has 0 bridgehead atoms. The lowest BCUT2D eigenvalue weighted by atomic mass is 9.87. The van der Waals surface area contributed by atoms with Crippen molar-refractivity contribution in [1.29, 1.82) is 0 Å². The molecule has 0 radical (unpaired) electrons. The van der Waals surface area contributed by atoms with E-state index in [2.05, 4.69) is 100 Å². The average Bonchev–Trinajstić information content (AvgIpc) is 2.67. The van der Waals surface area contributed by atoms with Gasteiger partial charge in [0.2, 0.25) is 0 Å². The normalized spacial score (nSPS) is 12.2. The summed E-state index contributed by atoms with van der Waals surface area (Å²) in [6, 6.07) is 27.5. The van der Waals surface area contributed by atoms with E-state index in [0.717, 1.165) is 0 Å². The summed E-state index contributed by atoms with van der Waals surface area (Å²) < 4.78 is 0. The molecular formula is C28H26. The monoisotopic (exact) mass is 362 g/mol. The second-order valence-corrected chi connectivity index (χ2v) is 8.70. The molecule has 138 valence electrons. The topological polar surface area (TPSA) is 0 Å². The third kappa shape index (κ3) is 2.67. The van der Waals surface area contributed by atoms with Crippen LogP contribution in [-0.2, 0) is 0 Å². The lowest BCUT2D eigenvalue weighted by molar-refractivity contribution is 0.859. The molecule has 0 N–H and O–H groups in total. The Morgan fingerprint density at radius 3 is 1.18 bits per heavy atom. The van der Waals surface area contributed by atoms with Gasteiger partial charge >= 0.3 is 0 Å². The van der Waals surface area contributed by atoms with E-state index in [1.807, 2.05) is 0 Å².